The van der Waals surface area contributed by atoms with Crippen molar-refractivity contribution in [1.29, 1.82) is 0 Å². The molecule has 50 heavy (non-hydrogen) atoms. The quantitative estimate of drug-likeness (QED) is 0.0853. The predicted molar refractivity (Wildman–Crippen MR) is 183 cm³/mol. The minimum Gasteiger partial charge on any atom is -0.448 e. The Kier molecular flexibility index (Phi) is 9.58. The van der Waals surface area contributed by atoms with E-state index in [1.165, 1.54) is 18.2 Å². The molecule has 0 radical (unpaired) electrons. The molecule has 0 spiro atoms. The van der Waals surface area contributed by atoms with Crippen LogP contribution in [-0.2, 0) is 14.3 Å². The molecule has 0 saturated heterocycles. The van der Waals surface area contributed by atoms with Gasteiger partial charge in [-0.2, -0.15) is 0 Å². The maximum atomic E-state index is 13.5. The van der Waals surface area contributed by atoms with Gasteiger partial charge in [0.2, 0.25) is 11.6 Å². The van der Waals surface area contributed by atoms with Gasteiger partial charge in [0.25, 0.3) is 11.8 Å². The van der Waals surface area contributed by atoms with E-state index in [0.29, 0.717) is 27.2 Å². The summed E-state index contributed by atoms with van der Waals surface area (Å²) in [5.74, 6) is -4.36. The molecule has 248 valence electrons. The summed E-state index contributed by atoms with van der Waals surface area (Å²) in [7, 11) is 0. The molecule has 5 aromatic carbocycles. The number of carbonyl (C=O) groups is 6. The molecule has 0 saturated carbocycles. The Labute approximate surface area is 288 Å². The number of carbonyl (C=O) groups excluding carboxylic acids is 6. The number of fused-ring (bicyclic) bond motifs is 1. The normalized spacial score (nSPS) is 13.3. The number of amides is 2. The Morgan fingerprint density at radius 2 is 0.980 bits per heavy atom. The number of Topliss-reactive ketones (excluding diaryl/α,β-unsaturated/α-hetero) is 2. The van der Waals surface area contributed by atoms with E-state index in [9.17, 15) is 28.8 Å². The molecule has 1 aliphatic rings. The number of rotatable bonds is 11. The Hall–Kier alpha value is -6.48. The highest BCUT2D eigenvalue weighted by Gasteiger charge is 2.39. The summed E-state index contributed by atoms with van der Waals surface area (Å²) in [6.45, 7) is 3.01. The second-order valence-corrected chi connectivity index (χ2v) is 11.9. The van der Waals surface area contributed by atoms with Crippen LogP contribution < -0.4 is 0 Å². The summed E-state index contributed by atoms with van der Waals surface area (Å²) >= 11 is 0. The van der Waals surface area contributed by atoms with Gasteiger partial charge in [0.15, 0.2) is 12.2 Å². The van der Waals surface area contributed by atoms with Gasteiger partial charge in [-0.15, -0.1) is 0 Å². The molecule has 0 aliphatic carbocycles. The summed E-state index contributed by atoms with van der Waals surface area (Å²) in [5, 5.41) is 0. The van der Waals surface area contributed by atoms with Crippen molar-refractivity contribution in [2.45, 2.75) is 26.1 Å². The summed E-state index contributed by atoms with van der Waals surface area (Å²) in [5.41, 5.74) is 3.25. The van der Waals surface area contributed by atoms with Gasteiger partial charge in [-0.3, -0.25) is 28.9 Å². The number of ketones is 2. The fourth-order valence-corrected chi connectivity index (χ4v) is 5.57. The van der Waals surface area contributed by atoms with Gasteiger partial charge in [-0.05, 0) is 32.0 Å². The van der Waals surface area contributed by atoms with Crippen LogP contribution in [0.4, 0.5) is 0 Å². The SMILES string of the molecule is Cc1ccc(C(=O)[C@@H](OC(=O)c2ccc3c(c2)C(=O)N(CC(=O)O[C@@H](C(=O)c2ccc(C)cc2)c2ccccc2)C3=O)c2ccccc2)cc1. The Bertz CT molecular complexity index is 2110. The molecule has 1 aliphatic heterocycles. The van der Waals surface area contributed by atoms with Gasteiger partial charge < -0.3 is 9.47 Å². The molecule has 2 atom stereocenters. The Balaban J connectivity index is 1.19. The summed E-state index contributed by atoms with van der Waals surface area (Å²) in [6, 6.07) is 34.5. The van der Waals surface area contributed by atoms with E-state index < -0.39 is 54.1 Å². The number of benzene rings is 5. The molecule has 5 aromatic rings. The number of esters is 2. The van der Waals surface area contributed by atoms with Crippen LogP contribution in [0, 0.1) is 13.8 Å². The van der Waals surface area contributed by atoms with E-state index in [4.69, 9.17) is 9.47 Å². The zero-order valence-electron chi connectivity index (χ0n) is 27.2. The van der Waals surface area contributed by atoms with Crippen LogP contribution in [0.25, 0.3) is 0 Å². The van der Waals surface area contributed by atoms with Gasteiger partial charge in [-0.1, -0.05) is 120 Å². The van der Waals surface area contributed by atoms with Crippen molar-refractivity contribution in [2.75, 3.05) is 6.54 Å². The van der Waals surface area contributed by atoms with E-state index >= 15 is 0 Å². The van der Waals surface area contributed by atoms with Crippen LogP contribution in [0.1, 0.15) is 86.3 Å². The number of imide groups is 1. The van der Waals surface area contributed by atoms with Crippen LogP contribution in [0.3, 0.4) is 0 Å². The highest BCUT2D eigenvalue weighted by atomic mass is 16.6. The minimum atomic E-state index is -1.32. The predicted octanol–water partition coefficient (Wildman–Crippen LogP) is 6.85. The minimum absolute atomic E-state index is 0.0231. The van der Waals surface area contributed by atoms with E-state index in [1.54, 1.807) is 109 Å². The van der Waals surface area contributed by atoms with E-state index in [2.05, 4.69) is 0 Å². The molecule has 1 heterocycles. The number of nitrogens with zero attached hydrogens (tertiary/aromatic N) is 1. The molecular formula is C41H31NO8. The number of ether oxygens (including phenoxy) is 2. The van der Waals surface area contributed by atoms with Gasteiger partial charge in [0.1, 0.15) is 6.54 Å². The van der Waals surface area contributed by atoms with Crippen molar-refractivity contribution in [3.63, 3.8) is 0 Å². The highest BCUT2D eigenvalue weighted by molar-refractivity contribution is 6.23. The fraction of sp³-hybridized carbons (Fsp3) is 0.122. The average molecular weight is 666 g/mol. The van der Waals surface area contributed by atoms with Gasteiger partial charge in [0, 0.05) is 22.3 Å². The van der Waals surface area contributed by atoms with Gasteiger partial charge in [-0.25, -0.2) is 4.79 Å². The Morgan fingerprint density at radius 3 is 1.48 bits per heavy atom. The molecule has 2 amide bonds. The monoisotopic (exact) mass is 665 g/mol. The van der Waals surface area contributed by atoms with Crippen molar-refractivity contribution in [3.05, 3.63) is 177 Å². The lowest BCUT2D eigenvalue weighted by Gasteiger charge is -2.19. The maximum absolute atomic E-state index is 13.5. The van der Waals surface area contributed by atoms with Crippen molar-refractivity contribution in [2.24, 2.45) is 0 Å². The summed E-state index contributed by atoms with van der Waals surface area (Å²) < 4.78 is 11.3. The summed E-state index contributed by atoms with van der Waals surface area (Å²) in [6.07, 6.45) is -2.59. The Morgan fingerprint density at radius 1 is 0.540 bits per heavy atom. The zero-order chi connectivity index (χ0) is 35.4. The molecule has 0 aromatic heterocycles. The van der Waals surface area contributed by atoms with Crippen LogP contribution in [0.15, 0.2) is 127 Å². The lowest BCUT2D eigenvalue weighted by Crippen LogP contribution is -2.36. The van der Waals surface area contributed by atoms with E-state index in [0.717, 1.165) is 11.1 Å². The average Bonchev–Trinajstić information content (AvgIpc) is 3.37. The fourth-order valence-electron chi connectivity index (χ4n) is 5.57. The van der Waals surface area contributed by atoms with Crippen molar-refractivity contribution in [1.82, 2.24) is 4.90 Å². The molecule has 0 bridgehead atoms. The molecule has 0 fully saturated rings. The number of aryl methyl sites for hydroxylation is 2. The third-order valence-corrected chi connectivity index (χ3v) is 8.32. The highest BCUT2D eigenvalue weighted by Crippen LogP contribution is 2.29. The van der Waals surface area contributed by atoms with Crippen molar-refractivity contribution in [3.8, 4) is 0 Å². The first-order valence-corrected chi connectivity index (χ1v) is 15.8. The summed E-state index contributed by atoms with van der Waals surface area (Å²) in [4.78, 5) is 81.0. The number of hydrogen-bond donors (Lipinski definition) is 0. The van der Waals surface area contributed by atoms with Crippen LogP contribution in [-0.4, -0.2) is 46.8 Å². The molecule has 0 unspecified atom stereocenters. The van der Waals surface area contributed by atoms with Crippen LogP contribution >= 0.6 is 0 Å². The first-order chi connectivity index (χ1) is 24.1. The number of hydrogen-bond acceptors (Lipinski definition) is 8. The van der Waals surface area contributed by atoms with E-state index in [1.807, 2.05) is 13.8 Å². The smallest absolute Gasteiger partial charge is 0.339 e. The van der Waals surface area contributed by atoms with Crippen LogP contribution in [0.2, 0.25) is 0 Å². The van der Waals surface area contributed by atoms with Crippen molar-refractivity contribution < 1.29 is 38.2 Å². The lowest BCUT2D eigenvalue weighted by atomic mass is 9.99. The largest absolute Gasteiger partial charge is 0.448 e. The lowest BCUT2D eigenvalue weighted by molar-refractivity contribution is -0.147. The van der Waals surface area contributed by atoms with E-state index in [-0.39, 0.29) is 16.7 Å². The van der Waals surface area contributed by atoms with Crippen molar-refractivity contribution >= 4 is 35.3 Å². The first-order valence-electron chi connectivity index (χ1n) is 15.8. The molecule has 6 rings (SSSR count). The molecule has 9 heteroatoms. The molecule has 9 nitrogen and oxygen atoms in total. The van der Waals surface area contributed by atoms with Gasteiger partial charge >= 0.3 is 11.9 Å². The van der Waals surface area contributed by atoms with Gasteiger partial charge in [0.05, 0.1) is 16.7 Å². The third-order valence-electron chi connectivity index (χ3n) is 8.32. The first kappa shape index (κ1) is 33.4. The zero-order valence-corrected chi connectivity index (χ0v) is 27.2. The second-order valence-electron chi connectivity index (χ2n) is 11.9. The standard InChI is InChI=1S/C41H31NO8/c1-25-13-17-27(18-14-25)35(44)37(29-9-5-3-6-10-29)49-34(43)24-42-39(46)32-22-21-31(23-33(32)40(42)47)41(48)50-38(30-11-7-4-8-12-30)36(45)28-19-15-26(2)16-20-28/h3-23,37-38H,24H2,1-2H3/t37-,38+/m1/s1. The maximum Gasteiger partial charge on any atom is 0.339 e. The van der Waals surface area contributed by atoms with Crippen LogP contribution in [0.5, 0.6) is 0 Å². The second kappa shape index (κ2) is 14.3. The molecule has 0 N–H and O–H groups in total. The topological polar surface area (TPSA) is 124 Å². The molecular weight excluding hydrogens is 634 g/mol. The third kappa shape index (κ3) is 7.02.